The van der Waals surface area contributed by atoms with Crippen molar-refractivity contribution in [3.05, 3.63) is 52.0 Å². The number of ether oxygens (including phenoxy) is 2. The Morgan fingerprint density at radius 1 is 1.26 bits per heavy atom. The van der Waals surface area contributed by atoms with Crippen molar-refractivity contribution >= 4 is 29.0 Å². The predicted octanol–water partition coefficient (Wildman–Crippen LogP) is 2.88. The third-order valence-electron chi connectivity index (χ3n) is 3.70. The van der Waals surface area contributed by atoms with Crippen LogP contribution in [0.5, 0.6) is 11.5 Å². The van der Waals surface area contributed by atoms with E-state index < -0.39 is 0 Å². The molecular weight excluding hydrogens is 384 g/mol. The van der Waals surface area contributed by atoms with Gasteiger partial charge in [-0.15, -0.1) is 16.4 Å². The van der Waals surface area contributed by atoms with Gasteiger partial charge in [-0.2, -0.15) is 0 Å². The summed E-state index contributed by atoms with van der Waals surface area (Å²) in [6, 6.07) is 9.62. The van der Waals surface area contributed by atoms with E-state index in [-0.39, 0.29) is 11.7 Å². The highest BCUT2D eigenvalue weighted by atomic mass is 32.2. The molecule has 3 rings (SSSR count). The smallest absolute Gasteiger partial charge is 0.230 e. The van der Waals surface area contributed by atoms with E-state index in [9.17, 15) is 4.79 Å². The summed E-state index contributed by atoms with van der Waals surface area (Å²) >= 11 is 2.98. The van der Waals surface area contributed by atoms with Crippen LogP contribution in [0.2, 0.25) is 0 Å². The van der Waals surface area contributed by atoms with Crippen molar-refractivity contribution in [3.8, 4) is 11.5 Å². The number of thioether (sulfide) groups is 1. The molecule has 1 aromatic carbocycles. The van der Waals surface area contributed by atoms with Crippen LogP contribution in [0.3, 0.4) is 0 Å². The summed E-state index contributed by atoms with van der Waals surface area (Å²) in [7, 11) is 3.17. The van der Waals surface area contributed by atoms with Crippen LogP contribution in [0, 0.1) is 0 Å². The van der Waals surface area contributed by atoms with Crippen LogP contribution < -0.4 is 14.8 Å². The number of H-pyrrole nitrogens is 1. The summed E-state index contributed by atoms with van der Waals surface area (Å²) in [6.45, 7) is 0.414. The van der Waals surface area contributed by atoms with Gasteiger partial charge in [0.05, 0.1) is 20.0 Å². The van der Waals surface area contributed by atoms with Gasteiger partial charge in [0.1, 0.15) is 5.82 Å². The normalized spacial score (nSPS) is 10.6. The molecule has 0 fully saturated rings. The Bertz CT molecular complexity index is 881. The number of thiophene rings is 1. The number of benzene rings is 1. The molecule has 0 aliphatic heterocycles. The Hall–Kier alpha value is -2.52. The number of carbonyl (C=O) groups excluding carboxylic acids is 1. The highest BCUT2D eigenvalue weighted by Crippen LogP contribution is 2.27. The number of hydrogen-bond acceptors (Lipinski definition) is 7. The minimum absolute atomic E-state index is 0.0839. The monoisotopic (exact) mass is 404 g/mol. The van der Waals surface area contributed by atoms with Crippen LogP contribution in [0.15, 0.2) is 40.9 Å². The second-order valence-electron chi connectivity index (χ2n) is 5.58. The maximum Gasteiger partial charge on any atom is 0.230 e. The molecule has 1 amide bonds. The molecule has 0 aliphatic rings. The quantitative estimate of drug-likeness (QED) is 0.533. The topological polar surface area (TPSA) is 89.1 Å². The second kappa shape index (κ2) is 9.43. The lowest BCUT2D eigenvalue weighted by Crippen LogP contribution is -2.24. The number of hydrogen-bond donors (Lipinski definition) is 2. The molecule has 0 spiro atoms. The summed E-state index contributed by atoms with van der Waals surface area (Å²) in [5, 5.41) is 12.6. The largest absolute Gasteiger partial charge is 0.493 e. The fraction of sp³-hybridized carbons (Fsp3) is 0.278. The Morgan fingerprint density at radius 3 is 2.85 bits per heavy atom. The first-order chi connectivity index (χ1) is 13.2. The molecule has 27 heavy (non-hydrogen) atoms. The van der Waals surface area contributed by atoms with Gasteiger partial charge in [-0.05, 0) is 29.1 Å². The first-order valence-corrected chi connectivity index (χ1v) is 10.1. The van der Waals surface area contributed by atoms with Crippen molar-refractivity contribution in [1.29, 1.82) is 0 Å². The van der Waals surface area contributed by atoms with Crippen LogP contribution in [0.1, 0.15) is 16.3 Å². The Morgan fingerprint density at radius 2 is 2.11 bits per heavy atom. The van der Waals surface area contributed by atoms with Gasteiger partial charge in [-0.3, -0.25) is 9.89 Å². The van der Waals surface area contributed by atoms with Crippen LogP contribution in [0.4, 0.5) is 0 Å². The molecule has 0 bridgehead atoms. The Balaban J connectivity index is 1.45. The average molecular weight is 405 g/mol. The van der Waals surface area contributed by atoms with E-state index in [2.05, 4.69) is 26.6 Å². The lowest BCUT2D eigenvalue weighted by Gasteiger charge is -2.10. The number of aromatic nitrogens is 3. The Kier molecular flexibility index (Phi) is 6.72. The lowest BCUT2D eigenvalue weighted by atomic mass is 10.2. The molecule has 0 aliphatic carbocycles. The third-order valence-corrected chi connectivity index (χ3v) is 5.43. The minimum atomic E-state index is -0.0839. The van der Waals surface area contributed by atoms with Crippen molar-refractivity contribution in [3.63, 3.8) is 0 Å². The lowest BCUT2D eigenvalue weighted by molar-refractivity contribution is -0.118. The van der Waals surface area contributed by atoms with E-state index in [1.165, 1.54) is 16.6 Å². The van der Waals surface area contributed by atoms with Crippen LogP contribution >= 0.6 is 23.1 Å². The number of rotatable bonds is 9. The second-order valence-corrected chi connectivity index (χ2v) is 7.55. The summed E-state index contributed by atoms with van der Waals surface area (Å²) in [5.41, 5.74) is 0.933. The van der Waals surface area contributed by atoms with E-state index in [1.807, 2.05) is 29.6 Å². The molecule has 0 atom stereocenters. The van der Waals surface area contributed by atoms with Crippen LogP contribution in [-0.4, -0.2) is 41.1 Å². The maximum absolute atomic E-state index is 12.1. The van der Waals surface area contributed by atoms with Gasteiger partial charge in [0, 0.05) is 17.8 Å². The highest BCUT2D eigenvalue weighted by Gasteiger charge is 2.10. The van der Waals surface area contributed by atoms with E-state index in [1.54, 1.807) is 25.6 Å². The van der Waals surface area contributed by atoms with Gasteiger partial charge in [-0.1, -0.05) is 23.9 Å². The molecule has 0 saturated heterocycles. The summed E-state index contributed by atoms with van der Waals surface area (Å²) < 4.78 is 10.5. The van der Waals surface area contributed by atoms with Crippen molar-refractivity contribution in [1.82, 2.24) is 20.5 Å². The molecular formula is C18H20N4O3S2. The Labute approximate surface area is 165 Å². The summed E-state index contributed by atoms with van der Waals surface area (Å²) in [5.74, 6) is 2.26. The molecule has 0 radical (unpaired) electrons. The van der Waals surface area contributed by atoms with Gasteiger partial charge in [0.2, 0.25) is 11.1 Å². The fourth-order valence-corrected chi connectivity index (χ4v) is 3.73. The third kappa shape index (κ3) is 5.48. The zero-order valence-corrected chi connectivity index (χ0v) is 16.7. The van der Waals surface area contributed by atoms with Crippen molar-refractivity contribution < 1.29 is 14.3 Å². The van der Waals surface area contributed by atoms with Crippen LogP contribution in [-0.2, 0) is 17.8 Å². The molecule has 0 saturated carbocycles. The first kappa shape index (κ1) is 19.2. The number of nitrogens with zero attached hydrogens (tertiary/aromatic N) is 2. The maximum atomic E-state index is 12.1. The van der Waals surface area contributed by atoms with Gasteiger partial charge in [0.25, 0.3) is 0 Å². The van der Waals surface area contributed by atoms with Crippen molar-refractivity contribution in [2.24, 2.45) is 0 Å². The predicted molar refractivity (Wildman–Crippen MR) is 106 cm³/mol. The summed E-state index contributed by atoms with van der Waals surface area (Å²) in [6.07, 6.45) is 0.719. The highest BCUT2D eigenvalue weighted by molar-refractivity contribution is 7.99. The number of nitrogens with one attached hydrogen (secondary N) is 2. The van der Waals surface area contributed by atoms with E-state index in [0.717, 1.165) is 17.8 Å². The van der Waals surface area contributed by atoms with E-state index in [0.29, 0.717) is 23.2 Å². The molecule has 2 aromatic heterocycles. The zero-order chi connectivity index (χ0) is 19.1. The number of methoxy groups -OCH3 is 2. The SMILES string of the molecule is COc1ccc(CNC(=O)CSc2n[nH]c(Cc3cccs3)n2)cc1OC. The number of aromatic amines is 1. The standard InChI is InChI=1S/C18H20N4O3S2/c1-24-14-6-5-12(8-15(14)25-2)10-19-17(23)11-27-18-20-16(21-22-18)9-13-4-3-7-26-13/h3-8H,9-11H2,1-2H3,(H,19,23)(H,20,21,22). The first-order valence-electron chi connectivity index (χ1n) is 8.22. The minimum Gasteiger partial charge on any atom is -0.493 e. The molecule has 0 unspecified atom stereocenters. The van der Waals surface area contributed by atoms with Gasteiger partial charge >= 0.3 is 0 Å². The molecule has 142 valence electrons. The van der Waals surface area contributed by atoms with Gasteiger partial charge in [-0.25, -0.2) is 4.98 Å². The summed E-state index contributed by atoms with van der Waals surface area (Å²) in [4.78, 5) is 17.7. The van der Waals surface area contributed by atoms with Crippen molar-refractivity contribution in [2.45, 2.75) is 18.1 Å². The van der Waals surface area contributed by atoms with Crippen LogP contribution in [0.25, 0.3) is 0 Å². The fourth-order valence-electron chi connectivity index (χ4n) is 2.37. The number of amides is 1. The molecule has 7 nitrogen and oxygen atoms in total. The molecule has 9 heteroatoms. The van der Waals surface area contributed by atoms with E-state index in [4.69, 9.17) is 9.47 Å². The van der Waals surface area contributed by atoms with Gasteiger partial charge in [0.15, 0.2) is 11.5 Å². The number of carbonyl (C=O) groups is 1. The zero-order valence-electron chi connectivity index (χ0n) is 15.0. The van der Waals surface area contributed by atoms with Crippen molar-refractivity contribution in [2.75, 3.05) is 20.0 Å². The molecule has 2 N–H and O–H groups in total. The molecule has 2 heterocycles. The molecule has 3 aromatic rings. The average Bonchev–Trinajstić information content (AvgIpc) is 3.36. The van der Waals surface area contributed by atoms with Gasteiger partial charge < -0.3 is 14.8 Å². The van der Waals surface area contributed by atoms with E-state index >= 15 is 0 Å².